The van der Waals surface area contributed by atoms with Crippen LogP contribution in [0.2, 0.25) is 5.15 Å². The molecule has 3 aromatic rings. The summed E-state index contributed by atoms with van der Waals surface area (Å²) in [6, 6.07) is 15.4. The first kappa shape index (κ1) is 44.2. The quantitative estimate of drug-likeness (QED) is 0.139. The number of quaternary nitrogens is 1. The van der Waals surface area contributed by atoms with Crippen LogP contribution in [0, 0.1) is 0 Å². The summed E-state index contributed by atoms with van der Waals surface area (Å²) in [6.45, 7) is 4.68. The molecule has 16 nitrogen and oxygen atoms in total. The van der Waals surface area contributed by atoms with Crippen LogP contribution in [0.3, 0.4) is 0 Å². The minimum absolute atomic E-state index is 0.0204. The van der Waals surface area contributed by atoms with Crippen LogP contribution in [-0.4, -0.2) is 150 Å². The van der Waals surface area contributed by atoms with Gasteiger partial charge in [0, 0.05) is 25.9 Å². The maximum Gasteiger partial charge on any atom is 0.274 e. The summed E-state index contributed by atoms with van der Waals surface area (Å²) >= 11 is 5.22. The van der Waals surface area contributed by atoms with Crippen molar-refractivity contribution >= 4 is 62.0 Å². The highest BCUT2D eigenvalue weighted by atomic mass is 35.5. The standard InChI is InChI=1S/C40H53ClN8O8S2/c41-37-39(43)46-38(42)36(45-37)40(52)44-31-6-3-21-49(26-31,19-1-4-29-7-11-32(12-8-29)56-27-34(50)47-15-22-58(53)23-16-47)20-2-5-30-9-13-33(14-10-30)57-28-35(51)48-17-24-59(54,55)25-18-48/h7-14,31H,1-6,15-28H2,(H4-,42,43,44,46,52)/p+1/t31-,49?/m0/s1. The fraction of sp³-hybridized carbons (Fsp3) is 0.525. The number of hydrogen-bond acceptors (Lipinski definition) is 12. The number of rotatable bonds is 16. The molecule has 0 radical (unpaired) electrons. The fourth-order valence-corrected chi connectivity index (χ4v) is 10.3. The average Bonchev–Trinajstić information content (AvgIpc) is 3.21. The van der Waals surface area contributed by atoms with Crippen molar-refractivity contribution in [2.24, 2.45) is 0 Å². The number of benzene rings is 2. The molecule has 1 aromatic heterocycles. The maximum atomic E-state index is 13.3. The SMILES string of the molecule is Nc1nc(N)c(C(=O)N[C@H]2CCC[N+](CCCc3ccc(OCC(=O)N4CC[S+]([O-])CC4)cc3)(CCCc3ccc(OCC(=O)N4CCS(=O)(=O)CC4)cc3)C2)nc1Cl. The molecule has 320 valence electrons. The van der Waals surface area contributed by atoms with Crippen molar-refractivity contribution in [3.8, 4) is 11.5 Å². The molecule has 6 rings (SSSR count). The van der Waals surface area contributed by atoms with Gasteiger partial charge in [0.05, 0.1) is 56.8 Å². The van der Waals surface area contributed by atoms with E-state index in [0.717, 1.165) is 80.3 Å². The largest absolute Gasteiger partial charge is 0.616 e. The number of ether oxygens (including phenoxy) is 2. The Labute approximate surface area is 353 Å². The molecular weight excluding hydrogens is 820 g/mol. The topological polar surface area (TPSA) is 223 Å². The average molecular weight is 875 g/mol. The van der Waals surface area contributed by atoms with Crippen LogP contribution in [0.1, 0.15) is 47.3 Å². The molecule has 2 atom stereocenters. The molecule has 0 spiro atoms. The molecular formula is C40H54ClN8O8S2+. The normalized spacial score (nSPS) is 20.8. The van der Waals surface area contributed by atoms with Crippen molar-refractivity contribution in [1.29, 1.82) is 0 Å². The van der Waals surface area contributed by atoms with Crippen LogP contribution < -0.4 is 26.3 Å². The van der Waals surface area contributed by atoms with E-state index in [2.05, 4.69) is 15.3 Å². The van der Waals surface area contributed by atoms with Gasteiger partial charge in [-0.05, 0) is 61.1 Å². The molecule has 4 heterocycles. The minimum atomic E-state index is -3.07. The summed E-state index contributed by atoms with van der Waals surface area (Å²) in [7, 11) is -3.07. The minimum Gasteiger partial charge on any atom is -0.616 e. The molecule has 19 heteroatoms. The van der Waals surface area contributed by atoms with Crippen LogP contribution in [0.25, 0.3) is 0 Å². The van der Waals surface area contributed by atoms with E-state index in [9.17, 15) is 27.4 Å². The van der Waals surface area contributed by atoms with Gasteiger partial charge in [-0.2, -0.15) is 0 Å². The third kappa shape index (κ3) is 12.8. The summed E-state index contributed by atoms with van der Waals surface area (Å²) < 4.78 is 47.4. The summed E-state index contributed by atoms with van der Waals surface area (Å²) in [5.74, 6) is 1.29. The van der Waals surface area contributed by atoms with Crippen molar-refractivity contribution in [3.63, 3.8) is 0 Å². The first-order valence-electron chi connectivity index (χ1n) is 20.1. The second kappa shape index (κ2) is 20.3. The van der Waals surface area contributed by atoms with Gasteiger partial charge >= 0.3 is 0 Å². The van der Waals surface area contributed by atoms with Crippen molar-refractivity contribution in [2.45, 2.75) is 44.6 Å². The Bertz CT molecular complexity index is 2020. The van der Waals surface area contributed by atoms with E-state index in [4.69, 9.17) is 32.5 Å². The third-order valence-electron chi connectivity index (χ3n) is 11.2. The maximum absolute atomic E-state index is 13.3. The summed E-state index contributed by atoms with van der Waals surface area (Å²) in [6.07, 6.45) is 5.23. The molecule has 3 fully saturated rings. The monoisotopic (exact) mass is 873 g/mol. The van der Waals surface area contributed by atoms with Gasteiger partial charge in [0.25, 0.3) is 17.7 Å². The number of nitrogens with zero attached hydrogens (tertiary/aromatic N) is 5. The lowest BCUT2D eigenvalue weighted by atomic mass is 9.99. The zero-order valence-corrected chi connectivity index (χ0v) is 35.6. The molecule has 3 aliphatic heterocycles. The Hall–Kier alpha value is -4.36. The van der Waals surface area contributed by atoms with Gasteiger partial charge in [0.2, 0.25) is 0 Å². The third-order valence-corrected chi connectivity index (χ3v) is 14.4. The summed E-state index contributed by atoms with van der Waals surface area (Å²) in [5.41, 5.74) is 14.0. The Morgan fingerprint density at radius 3 is 1.90 bits per heavy atom. The molecule has 0 aliphatic carbocycles. The lowest BCUT2D eigenvalue weighted by molar-refractivity contribution is -0.933. The van der Waals surface area contributed by atoms with Crippen molar-refractivity contribution < 1.29 is 41.3 Å². The fourth-order valence-electron chi connectivity index (χ4n) is 7.89. The van der Waals surface area contributed by atoms with E-state index in [0.29, 0.717) is 36.1 Å². The highest BCUT2D eigenvalue weighted by Crippen LogP contribution is 2.25. The Balaban J connectivity index is 1.03. The van der Waals surface area contributed by atoms with Crippen LogP contribution in [0.5, 0.6) is 11.5 Å². The van der Waals surface area contributed by atoms with Crippen LogP contribution in [0.4, 0.5) is 11.6 Å². The number of nitrogens with one attached hydrogen (secondary N) is 1. The number of carbonyl (C=O) groups is 3. The lowest BCUT2D eigenvalue weighted by Crippen LogP contribution is -2.60. The first-order valence-corrected chi connectivity index (χ1v) is 23.7. The van der Waals surface area contributed by atoms with Crippen LogP contribution in [0.15, 0.2) is 48.5 Å². The molecule has 0 saturated carbocycles. The molecule has 3 amide bonds. The van der Waals surface area contributed by atoms with E-state index in [1.54, 1.807) is 4.90 Å². The van der Waals surface area contributed by atoms with Crippen LogP contribution >= 0.6 is 11.6 Å². The summed E-state index contributed by atoms with van der Waals surface area (Å²) in [5, 5.41) is 3.06. The highest BCUT2D eigenvalue weighted by Gasteiger charge is 2.36. The number of nitrogen functional groups attached to an aromatic ring is 2. The molecule has 2 aromatic carbocycles. The number of anilines is 2. The highest BCUT2D eigenvalue weighted by molar-refractivity contribution is 7.91. The van der Waals surface area contributed by atoms with E-state index in [-0.39, 0.29) is 78.1 Å². The number of halogens is 1. The van der Waals surface area contributed by atoms with E-state index >= 15 is 0 Å². The zero-order chi connectivity index (χ0) is 42.0. The number of carbonyl (C=O) groups excluding carboxylic acids is 3. The lowest BCUT2D eigenvalue weighted by Gasteiger charge is -2.45. The molecule has 3 saturated heterocycles. The second-order valence-corrected chi connectivity index (χ2v) is 19.8. The Morgan fingerprint density at radius 2 is 1.36 bits per heavy atom. The van der Waals surface area contributed by atoms with Crippen molar-refractivity contribution in [3.05, 3.63) is 70.5 Å². The van der Waals surface area contributed by atoms with E-state index in [1.807, 2.05) is 48.5 Å². The first-order chi connectivity index (χ1) is 28.3. The number of sulfone groups is 1. The number of nitrogens with two attached hydrogens (primary N) is 2. The smallest absolute Gasteiger partial charge is 0.274 e. The number of amides is 3. The van der Waals surface area contributed by atoms with Gasteiger partial charge in [-0.15, -0.1) is 0 Å². The zero-order valence-electron chi connectivity index (χ0n) is 33.2. The van der Waals surface area contributed by atoms with Gasteiger partial charge in [0.15, 0.2) is 45.5 Å². The molecule has 1 unspecified atom stereocenters. The Morgan fingerprint density at radius 1 is 0.831 bits per heavy atom. The van der Waals surface area contributed by atoms with Gasteiger partial charge in [0.1, 0.15) is 23.0 Å². The molecule has 0 bridgehead atoms. The number of aromatic nitrogens is 2. The predicted molar refractivity (Wildman–Crippen MR) is 226 cm³/mol. The number of hydrogen-bond donors (Lipinski definition) is 3. The van der Waals surface area contributed by atoms with Crippen molar-refractivity contribution in [2.75, 3.05) is 100 Å². The Kier molecular flexibility index (Phi) is 15.2. The molecule has 59 heavy (non-hydrogen) atoms. The molecule has 5 N–H and O–H groups in total. The van der Waals surface area contributed by atoms with E-state index in [1.165, 1.54) is 4.90 Å². The van der Waals surface area contributed by atoms with Gasteiger partial charge < -0.3 is 45.1 Å². The predicted octanol–water partition coefficient (Wildman–Crippen LogP) is 1.87. The summed E-state index contributed by atoms with van der Waals surface area (Å²) in [4.78, 5) is 49.8. The van der Waals surface area contributed by atoms with Gasteiger partial charge in [-0.1, -0.05) is 47.0 Å². The second-order valence-electron chi connectivity index (χ2n) is 15.5. The van der Waals surface area contributed by atoms with E-state index < -0.39 is 26.9 Å². The number of likely N-dealkylation sites (tertiary alicyclic amines) is 1. The number of aryl methyl sites for hydroxylation is 2. The van der Waals surface area contributed by atoms with Gasteiger partial charge in [-0.25, -0.2) is 18.4 Å². The van der Waals surface area contributed by atoms with Crippen LogP contribution in [-0.2, 0) is 43.4 Å². The number of piperidine rings is 1. The van der Waals surface area contributed by atoms with Gasteiger partial charge in [-0.3, -0.25) is 14.4 Å². The molecule has 3 aliphatic rings. The van der Waals surface area contributed by atoms with Crippen molar-refractivity contribution in [1.82, 2.24) is 25.1 Å².